The molecule has 0 spiro atoms. The minimum atomic E-state index is -0.348. The zero-order valence-corrected chi connectivity index (χ0v) is 20.9. The second-order valence-electron chi connectivity index (χ2n) is 8.56. The summed E-state index contributed by atoms with van der Waals surface area (Å²) < 4.78 is 11.0. The van der Waals surface area contributed by atoms with Crippen LogP contribution in [0.15, 0.2) is 81.0 Å². The Balaban J connectivity index is 1.18. The molecule has 1 fully saturated rings. The highest BCUT2D eigenvalue weighted by Gasteiger charge is 2.28. The second-order valence-corrected chi connectivity index (χ2v) is 9.57. The second kappa shape index (κ2) is 11.0. The molecular formula is C28H27N3O4S. The molecule has 1 saturated heterocycles. The van der Waals surface area contributed by atoms with E-state index in [9.17, 15) is 9.59 Å². The number of piperazine rings is 1. The number of esters is 1. The third kappa shape index (κ3) is 5.61. The summed E-state index contributed by atoms with van der Waals surface area (Å²) in [5.41, 5.74) is 2.64. The summed E-state index contributed by atoms with van der Waals surface area (Å²) in [6, 6.07) is 21.2. The Morgan fingerprint density at radius 1 is 1.03 bits per heavy atom. The van der Waals surface area contributed by atoms with E-state index in [1.807, 2.05) is 30.3 Å². The van der Waals surface area contributed by atoms with Gasteiger partial charge in [-0.2, -0.15) is 4.99 Å². The Hall–Kier alpha value is -3.62. The van der Waals surface area contributed by atoms with E-state index in [0.717, 1.165) is 43.5 Å². The number of nitrogens with zero attached hydrogens (tertiary/aromatic N) is 3. The first-order valence-electron chi connectivity index (χ1n) is 12.0. The SMILES string of the molecule is CCOC(=O)c1ccc(-c2ccc(/C=C3\SC(N4CCN(Cc5ccccc5)CC4)=NC3=O)o2)cc1. The van der Waals surface area contributed by atoms with Crippen LogP contribution in [0.1, 0.15) is 28.6 Å². The molecule has 5 rings (SSSR count). The molecule has 1 amide bonds. The molecule has 3 heterocycles. The van der Waals surface area contributed by atoms with Gasteiger partial charge in [0.05, 0.1) is 17.1 Å². The summed E-state index contributed by atoms with van der Waals surface area (Å²) in [5, 5.41) is 0.756. The predicted molar refractivity (Wildman–Crippen MR) is 141 cm³/mol. The normalized spacial score (nSPS) is 17.5. The number of furan rings is 1. The fourth-order valence-corrected chi connectivity index (χ4v) is 5.12. The Morgan fingerprint density at radius 3 is 2.50 bits per heavy atom. The highest BCUT2D eigenvalue weighted by molar-refractivity contribution is 8.18. The van der Waals surface area contributed by atoms with Crippen LogP contribution in [0.25, 0.3) is 17.4 Å². The summed E-state index contributed by atoms with van der Waals surface area (Å²) in [6.07, 6.45) is 1.74. The summed E-state index contributed by atoms with van der Waals surface area (Å²) in [4.78, 5) is 33.9. The van der Waals surface area contributed by atoms with E-state index < -0.39 is 0 Å². The van der Waals surface area contributed by atoms with E-state index in [-0.39, 0.29) is 11.9 Å². The van der Waals surface area contributed by atoms with Gasteiger partial charge in [0.2, 0.25) is 0 Å². The Kier molecular flexibility index (Phi) is 7.34. The van der Waals surface area contributed by atoms with Gasteiger partial charge in [0, 0.05) is 44.4 Å². The van der Waals surface area contributed by atoms with Gasteiger partial charge >= 0.3 is 5.97 Å². The summed E-state index contributed by atoms with van der Waals surface area (Å²) in [5.74, 6) is 0.653. The largest absolute Gasteiger partial charge is 0.462 e. The maximum atomic E-state index is 12.6. The van der Waals surface area contributed by atoms with Crippen molar-refractivity contribution in [1.82, 2.24) is 9.80 Å². The molecule has 1 aromatic heterocycles. The molecule has 0 unspecified atom stereocenters. The molecule has 184 valence electrons. The van der Waals surface area contributed by atoms with Gasteiger partial charge in [-0.25, -0.2) is 4.79 Å². The van der Waals surface area contributed by atoms with Gasteiger partial charge in [-0.3, -0.25) is 9.69 Å². The maximum absolute atomic E-state index is 12.6. The molecule has 8 heteroatoms. The first-order chi connectivity index (χ1) is 17.6. The fourth-order valence-electron chi connectivity index (χ4n) is 4.17. The van der Waals surface area contributed by atoms with Crippen molar-refractivity contribution in [3.63, 3.8) is 0 Å². The van der Waals surface area contributed by atoms with E-state index in [1.165, 1.54) is 17.3 Å². The molecule has 2 aliphatic heterocycles. The number of ether oxygens (including phenoxy) is 1. The summed E-state index contributed by atoms with van der Waals surface area (Å²) in [7, 11) is 0. The smallest absolute Gasteiger partial charge is 0.338 e. The summed E-state index contributed by atoms with van der Waals surface area (Å²) in [6.45, 7) is 6.59. The molecular weight excluding hydrogens is 474 g/mol. The lowest BCUT2D eigenvalue weighted by Crippen LogP contribution is -2.47. The molecule has 36 heavy (non-hydrogen) atoms. The van der Waals surface area contributed by atoms with Gasteiger partial charge in [-0.05, 0) is 48.5 Å². The molecule has 7 nitrogen and oxygen atoms in total. The van der Waals surface area contributed by atoms with Crippen molar-refractivity contribution >= 4 is 34.9 Å². The van der Waals surface area contributed by atoms with Crippen LogP contribution in [-0.4, -0.2) is 59.6 Å². The van der Waals surface area contributed by atoms with E-state index in [0.29, 0.717) is 28.6 Å². The molecule has 2 aliphatic rings. The average molecular weight is 502 g/mol. The van der Waals surface area contributed by atoms with Crippen LogP contribution in [0.4, 0.5) is 0 Å². The van der Waals surface area contributed by atoms with Crippen LogP contribution >= 0.6 is 11.8 Å². The standard InChI is InChI=1S/C28H27N3O4S/c1-2-34-27(33)22-10-8-21(9-11-22)24-13-12-23(35-24)18-25-26(32)29-28(36-25)31-16-14-30(15-17-31)19-20-6-4-3-5-7-20/h3-13,18H,2,14-17,19H2,1H3/b25-18-. The number of carbonyl (C=O) groups is 2. The Labute approximate surface area is 214 Å². The molecule has 0 N–H and O–H groups in total. The maximum Gasteiger partial charge on any atom is 0.338 e. The number of benzene rings is 2. The van der Waals surface area contributed by atoms with Crippen molar-refractivity contribution in [2.45, 2.75) is 13.5 Å². The summed E-state index contributed by atoms with van der Waals surface area (Å²) >= 11 is 1.40. The Bertz CT molecular complexity index is 1290. The van der Waals surface area contributed by atoms with Crippen molar-refractivity contribution in [3.05, 3.63) is 88.5 Å². The average Bonchev–Trinajstić information content (AvgIpc) is 3.52. The lowest BCUT2D eigenvalue weighted by molar-refractivity contribution is -0.113. The molecule has 0 atom stereocenters. The Morgan fingerprint density at radius 2 is 1.78 bits per heavy atom. The minimum Gasteiger partial charge on any atom is -0.462 e. The third-order valence-corrected chi connectivity index (χ3v) is 7.13. The number of carbonyl (C=O) groups excluding carboxylic acids is 2. The van der Waals surface area contributed by atoms with Crippen LogP contribution in [0.5, 0.6) is 0 Å². The topological polar surface area (TPSA) is 75.3 Å². The number of amidine groups is 1. The van der Waals surface area contributed by atoms with Gasteiger partial charge in [0.1, 0.15) is 11.5 Å². The fraction of sp³-hybridized carbons (Fsp3) is 0.250. The first kappa shape index (κ1) is 24.1. The molecule has 3 aromatic rings. The van der Waals surface area contributed by atoms with Crippen LogP contribution in [0, 0.1) is 0 Å². The number of hydrogen-bond acceptors (Lipinski definition) is 7. The number of thioether (sulfide) groups is 1. The van der Waals surface area contributed by atoms with Crippen molar-refractivity contribution in [2.24, 2.45) is 4.99 Å². The van der Waals surface area contributed by atoms with Crippen molar-refractivity contribution < 1.29 is 18.7 Å². The molecule has 2 aromatic carbocycles. The van der Waals surface area contributed by atoms with Crippen LogP contribution < -0.4 is 0 Å². The monoisotopic (exact) mass is 501 g/mol. The predicted octanol–water partition coefficient (Wildman–Crippen LogP) is 4.91. The highest BCUT2D eigenvalue weighted by Crippen LogP contribution is 2.32. The molecule has 0 radical (unpaired) electrons. The zero-order chi connectivity index (χ0) is 24.9. The number of aliphatic imine (C=N–C) groups is 1. The molecule has 0 bridgehead atoms. The van der Waals surface area contributed by atoms with Gasteiger partial charge in [-0.1, -0.05) is 42.5 Å². The van der Waals surface area contributed by atoms with Gasteiger partial charge in [0.25, 0.3) is 5.91 Å². The lowest BCUT2D eigenvalue weighted by atomic mass is 10.1. The zero-order valence-electron chi connectivity index (χ0n) is 20.1. The van der Waals surface area contributed by atoms with E-state index >= 15 is 0 Å². The number of hydrogen-bond donors (Lipinski definition) is 0. The first-order valence-corrected chi connectivity index (χ1v) is 12.8. The third-order valence-electron chi connectivity index (χ3n) is 6.08. The van der Waals surface area contributed by atoms with Gasteiger partial charge in [-0.15, -0.1) is 0 Å². The van der Waals surface area contributed by atoms with Gasteiger partial charge in [0.15, 0.2) is 5.17 Å². The molecule has 0 aliphatic carbocycles. The van der Waals surface area contributed by atoms with E-state index in [1.54, 1.807) is 25.1 Å². The highest BCUT2D eigenvalue weighted by atomic mass is 32.2. The lowest BCUT2D eigenvalue weighted by Gasteiger charge is -2.35. The molecule has 0 saturated carbocycles. The van der Waals surface area contributed by atoms with Crippen molar-refractivity contribution in [2.75, 3.05) is 32.8 Å². The van der Waals surface area contributed by atoms with Crippen LogP contribution in [-0.2, 0) is 16.1 Å². The minimum absolute atomic E-state index is 0.238. The number of amides is 1. The van der Waals surface area contributed by atoms with E-state index in [2.05, 4.69) is 39.1 Å². The quantitative estimate of drug-likeness (QED) is 0.351. The van der Waals surface area contributed by atoms with Crippen molar-refractivity contribution in [3.8, 4) is 11.3 Å². The van der Waals surface area contributed by atoms with Gasteiger partial charge < -0.3 is 14.1 Å². The van der Waals surface area contributed by atoms with Crippen molar-refractivity contribution in [1.29, 1.82) is 0 Å². The van der Waals surface area contributed by atoms with Crippen LogP contribution in [0.2, 0.25) is 0 Å². The van der Waals surface area contributed by atoms with Crippen LogP contribution in [0.3, 0.4) is 0 Å². The number of rotatable bonds is 6. The van der Waals surface area contributed by atoms with E-state index in [4.69, 9.17) is 9.15 Å².